The molecule has 8 nitrogen and oxygen atoms in total. The molecule has 0 saturated carbocycles. The maximum Gasteiger partial charge on any atom is 0.305 e. The summed E-state index contributed by atoms with van der Waals surface area (Å²) < 4.78 is 17.3. The first-order chi connectivity index (χ1) is 16.5. The first kappa shape index (κ1) is 24.6. The van der Waals surface area contributed by atoms with Gasteiger partial charge in [0.2, 0.25) is 0 Å². The molecule has 3 N–H and O–H groups in total. The zero-order valence-electron chi connectivity index (χ0n) is 19.1. The van der Waals surface area contributed by atoms with Crippen LogP contribution >= 0.6 is 0 Å². The van der Waals surface area contributed by atoms with E-state index in [1.165, 1.54) is 7.11 Å². The van der Waals surface area contributed by atoms with Crippen molar-refractivity contribution in [3.05, 3.63) is 89.5 Å². The van der Waals surface area contributed by atoms with E-state index >= 15 is 0 Å². The smallest absolute Gasteiger partial charge is 0.305 e. The van der Waals surface area contributed by atoms with Gasteiger partial charge in [-0.2, -0.15) is 0 Å². The van der Waals surface area contributed by atoms with Gasteiger partial charge >= 0.3 is 5.97 Å². The number of hydrogen-bond acceptors (Lipinski definition) is 7. The van der Waals surface area contributed by atoms with Crippen LogP contribution in [0.3, 0.4) is 0 Å². The van der Waals surface area contributed by atoms with Crippen LogP contribution in [0.1, 0.15) is 29.2 Å². The summed E-state index contributed by atoms with van der Waals surface area (Å²) in [5.41, 5.74) is 9.08. The molecule has 0 saturated heterocycles. The standard InChI is InChI=1S/C26H28N2O6/c1-31-25-14-18(16-33-21-11-9-19(10-12-21)22(27)15-26(29)30)8-13-24(25)34-17-23(28-32-2)20-6-4-3-5-7-20/h3-14,22H,15-17,27H2,1-2H3,(H,29,30)/b28-23+. The predicted octanol–water partition coefficient (Wildman–Crippen LogP) is 4.18. The van der Waals surface area contributed by atoms with E-state index < -0.39 is 12.0 Å². The zero-order chi connectivity index (χ0) is 24.3. The molecule has 0 aliphatic rings. The van der Waals surface area contributed by atoms with E-state index in [-0.39, 0.29) is 13.0 Å². The van der Waals surface area contributed by atoms with Crippen LogP contribution in [0.25, 0.3) is 0 Å². The molecule has 0 aliphatic carbocycles. The third kappa shape index (κ3) is 6.98. The first-order valence-corrected chi connectivity index (χ1v) is 10.7. The van der Waals surface area contributed by atoms with Crippen molar-refractivity contribution in [2.24, 2.45) is 10.9 Å². The zero-order valence-corrected chi connectivity index (χ0v) is 19.1. The highest BCUT2D eigenvalue weighted by Gasteiger charge is 2.12. The van der Waals surface area contributed by atoms with Crippen molar-refractivity contribution in [1.29, 1.82) is 0 Å². The lowest BCUT2D eigenvalue weighted by Gasteiger charge is -2.14. The van der Waals surface area contributed by atoms with E-state index in [0.717, 1.165) is 16.7 Å². The molecule has 1 unspecified atom stereocenters. The van der Waals surface area contributed by atoms with Gasteiger partial charge in [-0.15, -0.1) is 0 Å². The Morgan fingerprint density at radius 2 is 1.71 bits per heavy atom. The maximum absolute atomic E-state index is 10.8. The molecule has 0 spiro atoms. The highest BCUT2D eigenvalue weighted by Crippen LogP contribution is 2.29. The summed E-state index contributed by atoms with van der Waals surface area (Å²) in [4.78, 5) is 15.8. The van der Waals surface area contributed by atoms with Gasteiger partial charge in [-0.05, 0) is 35.4 Å². The second-order valence-electron chi connectivity index (χ2n) is 7.42. The maximum atomic E-state index is 10.8. The number of carbonyl (C=O) groups is 1. The Morgan fingerprint density at radius 3 is 2.35 bits per heavy atom. The molecule has 1 atom stereocenters. The molecule has 8 heteroatoms. The van der Waals surface area contributed by atoms with E-state index in [0.29, 0.717) is 29.6 Å². The lowest BCUT2D eigenvalue weighted by atomic mass is 10.0. The quantitative estimate of drug-likeness (QED) is 0.305. The molecule has 0 aliphatic heterocycles. The normalized spacial score (nSPS) is 12.0. The Hall–Kier alpha value is -4.04. The topological polar surface area (TPSA) is 113 Å². The molecular formula is C26H28N2O6. The van der Waals surface area contributed by atoms with Gasteiger partial charge in [-0.1, -0.05) is 53.7 Å². The summed E-state index contributed by atoms with van der Waals surface area (Å²) in [7, 11) is 3.07. The van der Waals surface area contributed by atoms with E-state index in [2.05, 4.69) is 5.16 Å². The van der Waals surface area contributed by atoms with Crippen LogP contribution in [-0.4, -0.2) is 37.6 Å². The van der Waals surface area contributed by atoms with Gasteiger partial charge in [0.1, 0.15) is 31.8 Å². The predicted molar refractivity (Wildman–Crippen MR) is 128 cm³/mol. The average Bonchev–Trinajstić information content (AvgIpc) is 2.86. The van der Waals surface area contributed by atoms with Crippen LogP contribution in [0.5, 0.6) is 17.2 Å². The van der Waals surface area contributed by atoms with Crippen LogP contribution in [0.4, 0.5) is 0 Å². The molecule has 0 radical (unpaired) electrons. The van der Waals surface area contributed by atoms with Crippen LogP contribution < -0.4 is 19.9 Å². The average molecular weight is 465 g/mol. The van der Waals surface area contributed by atoms with Gasteiger partial charge in [-0.25, -0.2) is 0 Å². The summed E-state index contributed by atoms with van der Waals surface area (Å²) in [5.74, 6) is 0.856. The van der Waals surface area contributed by atoms with Gasteiger partial charge in [0.15, 0.2) is 11.5 Å². The summed E-state index contributed by atoms with van der Waals surface area (Å²) in [6, 6.07) is 21.7. The minimum atomic E-state index is -0.934. The van der Waals surface area contributed by atoms with Gasteiger partial charge in [-0.3, -0.25) is 4.79 Å². The Labute approximate surface area is 198 Å². The Kier molecular flexibility index (Phi) is 8.88. The summed E-state index contributed by atoms with van der Waals surface area (Å²) in [5, 5.41) is 12.9. The summed E-state index contributed by atoms with van der Waals surface area (Å²) in [6.07, 6.45) is -0.126. The number of rotatable bonds is 12. The van der Waals surface area contributed by atoms with Crippen molar-refractivity contribution in [3.63, 3.8) is 0 Å². The number of oxime groups is 1. The van der Waals surface area contributed by atoms with Crippen molar-refractivity contribution < 1.29 is 28.9 Å². The molecule has 0 heterocycles. The minimum absolute atomic E-state index is 0.126. The third-order valence-corrected chi connectivity index (χ3v) is 5.01. The Balaban J connectivity index is 1.61. The number of methoxy groups -OCH3 is 1. The second kappa shape index (κ2) is 12.3. The molecule has 0 amide bonds. The molecule has 0 bridgehead atoms. The van der Waals surface area contributed by atoms with Gasteiger partial charge in [0.25, 0.3) is 0 Å². The van der Waals surface area contributed by atoms with Crippen LogP contribution in [0, 0.1) is 0 Å². The molecule has 3 rings (SSSR count). The number of nitrogens with zero attached hydrogens (tertiary/aromatic N) is 1. The lowest BCUT2D eigenvalue weighted by molar-refractivity contribution is -0.137. The number of carboxylic acids is 1. The van der Waals surface area contributed by atoms with Crippen molar-refractivity contribution in [2.45, 2.75) is 19.1 Å². The molecule has 3 aromatic carbocycles. The molecule has 0 fully saturated rings. The fraction of sp³-hybridized carbons (Fsp3) is 0.231. The van der Waals surface area contributed by atoms with Gasteiger partial charge in [0.05, 0.1) is 13.5 Å². The molecular weight excluding hydrogens is 436 g/mol. The van der Waals surface area contributed by atoms with Gasteiger partial charge in [0, 0.05) is 11.6 Å². The van der Waals surface area contributed by atoms with Crippen molar-refractivity contribution in [1.82, 2.24) is 0 Å². The molecule has 34 heavy (non-hydrogen) atoms. The third-order valence-electron chi connectivity index (χ3n) is 5.01. The van der Waals surface area contributed by atoms with E-state index in [1.54, 1.807) is 31.4 Å². The van der Waals surface area contributed by atoms with Crippen molar-refractivity contribution >= 4 is 11.7 Å². The Morgan fingerprint density at radius 1 is 0.971 bits per heavy atom. The first-order valence-electron chi connectivity index (χ1n) is 10.7. The van der Waals surface area contributed by atoms with Crippen molar-refractivity contribution in [2.75, 3.05) is 20.8 Å². The molecule has 0 aromatic heterocycles. The fourth-order valence-electron chi connectivity index (χ4n) is 3.25. The molecule has 178 valence electrons. The number of nitrogens with two attached hydrogens (primary N) is 1. The highest BCUT2D eigenvalue weighted by atomic mass is 16.6. The number of ether oxygens (including phenoxy) is 3. The Bertz CT molecular complexity index is 1100. The SMILES string of the molecule is CO/N=C(\COc1ccc(COc2ccc(C(N)CC(=O)O)cc2)cc1OC)c1ccccc1. The van der Waals surface area contributed by atoms with E-state index in [1.807, 2.05) is 48.5 Å². The fourth-order valence-corrected chi connectivity index (χ4v) is 3.25. The van der Waals surface area contributed by atoms with E-state index in [4.69, 9.17) is 29.9 Å². The molecule has 3 aromatic rings. The van der Waals surface area contributed by atoms with Crippen LogP contribution in [0.15, 0.2) is 78.0 Å². The van der Waals surface area contributed by atoms with Crippen molar-refractivity contribution in [3.8, 4) is 17.2 Å². The van der Waals surface area contributed by atoms with Gasteiger partial charge < -0.3 is 29.9 Å². The highest BCUT2D eigenvalue weighted by molar-refractivity contribution is 6.01. The number of benzene rings is 3. The summed E-state index contributed by atoms with van der Waals surface area (Å²) in [6.45, 7) is 0.526. The number of hydrogen-bond donors (Lipinski definition) is 2. The monoisotopic (exact) mass is 464 g/mol. The summed E-state index contributed by atoms with van der Waals surface area (Å²) >= 11 is 0. The lowest BCUT2D eigenvalue weighted by Crippen LogP contribution is -2.14. The van der Waals surface area contributed by atoms with Crippen LogP contribution in [0.2, 0.25) is 0 Å². The largest absolute Gasteiger partial charge is 0.493 e. The minimum Gasteiger partial charge on any atom is -0.493 e. The number of carboxylic acid groups (broad SMARTS) is 1. The number of aliphatic carboxylic acids is 1. The van der Waals surface area contributed by atoms with E-state index in [9.17, 15) is 4.79 Å². The second-order valence-corrected chi connectivity index (χ2v) is 7.42. The van der Waals surface area contributed by atoms with Crippen LogP contribution in [-0.2, 0) is 16.2 Å².